The van der Waals surface area contributed by atoms with Crippen LogP contribution in [0.15, 0.2) is 28.8 Å². The highest BCUT2D eigenvalue weighted by Crippen LogP contribution is 2.34. The molecule has 2 heterocycles. The molecule has 128 valence electrons. The minimum atomic E-state index is -0.0814. The molecular weight excluding hydrogens is 306 g/mol. The summed E-state index contributed by atoms with van der Waals surface area (Å²) >= 11 is 0. The van der Waals surface area contributed by atoms with Gasteiger partial charge in [0, 0.05) is 24.2 Å². The number of benzene rings is 1. The summed E-state index contributed by atoms with van der Waals surface area (Å²) in [5.74, 6) is 2.15. The van der Waals surface area contributed by atoms with Gasteiger partial charge in [0.15, 0.2) is 6.61 Å². The largest absolute Gasteiger partial charge is 0.481 e. The molecule has 0 saturated heterocycles. The van der Waals surface area contributed by atoms with Gasteiger partial charge >= 0.3 is 0 Å². The summed E-state index contributed by atoms with van der Waals surface area (Å²) in [7, 11) is 1.75. The first kappa shape index (κ1) is 16.4. The maximum absolute atomic E-state index is 11.7. The van der Waals surface area contributed by atoms with Gasteiger partial charge in [0.05, 0.1) is 11.9 Å². The normalized spacial score (nSPS) is 15.7. The Kier molecular flexibility index (Phi) is 3.99. The average molecular weight is 329 g/mol. The third-order valence-electron chi connectivity index (χ3n) is 4.06. The maximum atomic E-state index is 11.7. The van der Waals surface area contributed by atoms with Crippen molar-refractivity contribution in [3.8, 4) is 5.75 Å². The van der Waals surface area contributed by atoms with Crippen LogP contribution in [0.25, 0.3) is 0 Å². The van der Waals surface area contributed by atoms with E-state index in [4.69, 9.17) is 9.15 Å². The fourth-order valence-corrected chi connectivity index (χ4v) is 2.51. The van der Waals surface area contributed by atoms with Crippen molar-refractivity contribution in [2.75, 3.05) is 23.9 Å². The van der Waals surface area contributed by atoms with E-state index in [2.05, 4.69) is 31.1 Å². The Morgan fingerprint density at radius 2 is 2.08 bits per heavy atom. The van der Waals surface area contributed by atoms with Gasteiger partial charge in [-0.1, -0.05) is 20.8 Å². The molecule has 1 amide bonds. The van der Waals surface area contributed by atoms with Crippen molar-refractivity contribution in [3.05, 3.63) is 36.0 Å². The third kappa shape index (κ3) is 3.09. The molecule has 1 aliphatic heterocycles. The summed E-state index contributed by atoms with van der Waals surface area (Å²) in [6, 6.07) is 5.60. The Hall–Kier alpha value is -2.50. The van der Waals surface area contributed by atoms with Crippen LogP contribution in [0.3, 0.4) is 0 Å². The molecule has 1 atom stereocenters. The van der Waals surface area contributed by atoms with Gasteiger partial charge in [-0.25, -0.2) is 4.98 Å². The molecule has 1 N–H and O–H groups in total. The Morgan fingerprint density at radius 3 is 2.75 bits per heavy atom. The van der Waals surface area contributed by atoms with Gasteiger partial charge in [-0.15, -0.1) is 0 Å². The van der Waals surface area contributed by atoms with E-state index in [1.165, 1.54) is 0 Å². The van der Waals surface area contributed by atoms with Crippen LogP contribution in [0.4, 0.5) is 11.4 Å². The van der Waals surface area contributed by atoms with Gasteiger partial charge in [0.2, 0.25) is 5.89 Å². The number of nitrogens with zero attached hydrogens (tertiary/aromatic N) is 2. The average Bonchev–Trinajstić information content (AvgIpc) is 3.01. The van der Waals surface area contributed by atoms with Crippen molar-refractivity contribution in [1.29, 1.82) is 0 Å². The molecule has 0 bridgehead atoms. The molecule has 6 heteroatoms. The van der Waals surface area contributed by atoms with E-state index in [9.17, 15) is 4.79 Å². The van der Waals surface area contributed by atoms with Crippen LogP contribution in [0.5, 0.6) is 5.75 Å². The van der Waals surface area contributed by atoms with Crippen LogP contribution in [0, 0.1) is 0 Å². The van der Waals surface area contributed by atoms with Gasteiger partial charge in [0.25, 0.3) is 5.91 Å². The van der Waals surface area contributed by atoms with Gasteiger partial charge in [-0.2, -0.15) is 0 Å². The number of fused-ring (bicyclic) bond motifs is 1. The van der Waals surface area contributed by atoms with Crippen molar-refractivity contribution < 1.29 is 13.9 Å². The van der Waals surface area contributed by atoms with E-state index in [-0.39, 0.29) is 24.0 Å². The zero-order chi connectivity index (χ0) is 17.5. The molecule has 0 radical (unpaired) electrons. The summed E-state index contributed by atoms with van der Waals surface area (Å²) in [5.41, 5.74) is 1.59. The number of aromatic nitrogens is 1. The lowest BCUT2D eigenvalue weighted by Gasteiger charge is -2.26. The lowest BCUT2D eigenvalue weighted by Crippen LogP contribution is -2.35. The van der Waals surface area contributed by atoms with E-state index in [1.54, 1.807) is 18.1 Å². The summed E-state index contributed by atoms with van der Waals surface area (Å²) in [6.07, 6.45) is 1.78. The molecule has 0 aliphatic carbocycles. The highest BCUT2D eigenvalue weighted by molar-refractivity contribution is 5.97. The van der Waals surface area contributed by atoms with E-state index in [0.29, 0.717) is 11.6 Å². The molecule has 1 aliphatic rings. The topological polar surface area (TPSA) is 67.6 Å². The van der Waals surface area contributed by atoms with E-state index >= 15 is 0 Å². The summed E-state index contributed by atoms with van der Waals surface area (Å²) < 4.78 is 11.4. The fraction of sp³-hybridized carbons (Fsp3) is 0.444. The molecular formula is C18H23N3O3. The van der Waals surface area contributed by atoms with Crippen molar-refractivity contribution in [2.24, 2.45) is 0 Å². The van der Waals surface area contributed by atoms with Gasteiger partial charge in [0.1, 0.15) is 17.6 Å². The molecule has 1 aromatic heterocycles. The zero-order valence-corrected chi connectivity index (χ0v) is 14.7. The highest BCUT2D eigenvalue weighted by atomic mass is 16.5. The minimum absolute atomic E-state index is 0.0499. The molecule has 3 rings (SSSR count). The Bertz CT molecular complexity index is 761. The Morgan fingerprint density at radius 1 is 1.33 bits per heavy atom. The number of amides is 1. The van der Waals surface area contributed by atoms with Crippen molar-refractivity contribution in [2.45, 2.75) is 39.2 Å². The molecule has 0 spiro atoms. The first-order valence-electron chi connectivity index (χ1n) is 8.02. The molecule has 1 unspecified atom stereocenters. The van der Waals surface area contributed by atoms with Crippen LogP contribution in [0.1, 0.15) is 45.4 Å². The lowest BCUT2D eigenvalue weighted by molar-refractivity contribution is -0.120. The fourth-order valence-electron chi connectivity index (χ4n) is 2.51. The van der Waals surface area contributed by atoms with Crippen LogP contribution in [-0.4, -0.2) is 24.5 Å². The number of carbonyl (C=O) groups is 1. The predicted molar refractivity (Wildman–Crippen MR) is 92.6 cm³/mol. The molecule has 24 heavy (non-hydrogen) atoms. The zero-order valence-electron chi connectivity index (χ0n) is 14.7. The van der Waals surface area contributed by atoms with Gasteiger partial charge in [-0.3, -0.25) is 4.79 Å². The summed E-state index contributed by atoms with van der Waals surface area (Å²) in [6.45, 7) is 8.33. The maximum Gasteiger partial charge on any atom is 0.264 e. The van der Waals surface area contributed by atoms with E-state index < -0.39 is 0 Å². The van der Waals surface area contributed by atoms with E-state index in [1.807, 2.05) is 25.1 Å². The lowest BCUT2D eigenvalue weighted by atomic mass is 9.94. The number of rotatable bonds is 3. The quantitative estimate of drug-likeness (QED) is 0.933. The number of nitrogens with one attached hydrogen (secondary N) is 1. The van der Waals surface area contributed by atoms with Gasteiger partial charge < -0.3 is 19.4 Å². The molecule has 1 aromatic carbocycles. The van der Waals surface area contributed by atoms with Gasteiger partial charge in [-0.05, 0) is 19.1 Å². The molecule has 2 aromatic rings. The third-order valence-corrected chi connectivity index (χ3v) is 4.06. The van der Waals surface area contributed by atoms with Crippen LogP contribution < -0.4 is 15.0 Å². The second-order valence-electron chi connectivity index (χ2n) is 7.10. The first-order chi connectivity index (χ1) is 11.3. The number of anilines is 2. The van der Waals surface area contributed by atoms with E-state index in [0.717, 1.165) is 17.1 Å². The second-order valence-corrected chi connectivity index (χ2v) is 7.10. The van der Waals surface area contributed by atoms with Crippen molar-refractivity contribution in [3.63, 3.8) is 0 Å². The van der Waals surface area contributed by atoms with Crippen LogP contribution in [-0.2, 0) is 10.2 Å². The highest BCUT2D eigenvalue weighted by Gasteiger charge is 2.24. The monoisotopic (exact) mass is 329 g/mol. The first-order valence-corrected chi connectivity index (χ1v) is 8.02. The summed E-state index contributed by atoms with van der Waals surface area (Å²) in [4.78, 5) is 17.6. The Balaban J connectivity index is 1.77. The number of ether oxygens (including phenoxy) is 1. The SMILES string of the molecule is CC(Nc1ccc2c(c1)OCC(=O)N2C)c1ncc(C(C)(C)C)o1. The van der Waals surface area contributed by atoms with Crippen LogP contribution >= 0.6 is 0 Å². The number of hydrogen-bond acceptors (Lipinski definition) is 5. The van der Waals surface area contributed by atoms with Crippen molar-refractivity contribution in [1.82, 2.24) is 4.98 Å². The molecule has 0 fully saturated rings. The number of hydrogen-bond donors (Lipinski definition) is 1. The predicted octanol–water partition coefficient (Wildman–Crippen LogP) is 3.50. The Labute approximate surface area is 141 Å². The number of likely N-dealkylation sites (N-methyl/N-ethyl adjacent to an activating group) is 1. The van der Waals surface area contributed by atoms with Crippen LogP contribution in [0.2, 0.25) is 0 Å². The minimum Gasteiger partial charge on any atom is -0.481 e. The number of carbonyl (C=O) groups excluding carboxylic acids is 1. The smallest absolute Gasteiger partial charge is 0.264 e. The summed E-state index contributed by atoms with van der Waals surface area (Å²) in [5, 5.41) is 3.36. The number of oxazole rings is 1. The standard InChI is InChI=1S/C18H23N3O3/c1-11(17-19-9-15(24-17)18(2,3)4)20-12-6-7-13-14(8-12)23-10-16(22)21(13)5/h6-9,11,20H,10H2,1-5H3. The molecule has 6 nitrogen and oxygen atoms in total. The van der Waals surface area contributed by atoms with Crippen molar-refractivity contribution >= 4 is 17.3 Å². The molecule has 0 saturated carbocycles. The second kappa shape index (κ2) is 5.85.